The van der Waals surface area contributed by atoms with Crippen molar-refractivity contribution in [3.63, 3.8) is 0 Å². The normalized spacial score (nSPS) is 18.9. The van der Waals surface area contributed by atoms with E-state index in [4.69, 9.17) is 18.0 Å². The Morgan fingerprint density at radius 2 is 2.20 bits per heavy atom. The van der Waals surface area contributed by atoms with E-state index in [2.05, 4.69) is 5.32 Å². The predicted octanol–water partition coefficient (Wildman–Crippen LogP) is 0.537. The molecule has 3 N–H and O–H groups in total. The Kier molecular flexibility index (Phi) is 2.32. The number of likely N-dealkylation sites (N-methyl/N-ethyl adjacent to an activating group) is 1. The monoisotopic (exact) mass is 221 g/mol. The highest BCUT2D eigenvalue weighted by atomic mass is 32.1. The highest BCUT2D eigenvalue weighted by Crippen LogP contribution is 2.34. The molecule has 15 heavy (non-hydrogen) atoms. The Hall–Kier alpha value is -1.62. The molecule has 1 unspecified atom stereocenters. The van der Waals surface area contributed by atoms with Crippen molar-refractivity contribution in [2.75, 3.05) is 11.9 Å². The molecule has 2 rings (SSSR count). The van der Waals surface area contributed by atoms with Gasteiger partial charge in [-0.1, -0.05) is 18.2 Å². The first-order chi connectivity index (χ1) is 7.11. The number of nitrogens with zero attached hydrogens (tertiary/aromatic N) is 1. The van der Waals surface area contributed by atoms with Gasteiger partial charge in [-0.2, -0.15) is 0 Å². The average Bonchev–Trinajstić information content (AvgIpc) is 2.44. The molecule has 4 nitrogen and oxygen atoms in total. The fourth-order valence-corrected chi connectivity index (χ4v) is 1.88. The molecule has 0 aromatic heterocycles. The first kappa shape index (κ1) is 9.92. The van der Waals surface area contributed by atoms with Gasteiger partial charge in [-0.05, 0) is 18.3 Å². The number of hydrogen-bond acceptors (Lipinski definition) is 2. The van der Waals surface area contributed by atoms with Crippen LogP contribution in [0.3, 0.4) is 0 Å². The predicted molar refractivity (Wildman–Crippen MR) is 62.5 cm³/mol. The number of carbonyl (C=O) groups is 1. The van der Waals surface area contributed by atoms with Gasteiger partial charge in [0.1, 0.15) is 6.04 Å². The smallest absolute Gasteiger partial charge is 0.254 e. The van der Waals surface area contributed by atoms with Crippen LogP contribution in [0, 0.1) is 0 Å². The fourth-order valence-electron chi connectivity index (χ4n) is 1.76. The van der Waals surface area contributed by atoms with Gasteiger partial charge in [0.15, 0.2) is 5.11 Å². The zero-order valence-corrected chi connectivity index (χ0v) is 9.04. The van der Waals surface area contributed by atoms with E-state index in [9.17, 15) is 4.79 Å². The van der Waals surface area contributed by atoms with Crippen LogP contribution in [-0.2, 0) is 4.79 Å². The minimum atomic E-state index is -0.441. The van der Waals surface area contributed by atoms with Gasteiger partial charge in [0.05, 0.1) is 0 Å². The Bertz CT molecular complexity index is 432. The largest absolute Gasteiger partial charge is 0.376 e. The van der Waals surface area contributed by atoms with Crippen molar-refractivity contribution in [1.82, 2.24) is 5.32 Å². The lowest BCUT2D eigenvalue weighted by molar-refractivity contribution is -0.119. The SMILES string of the molecule is CN1C(=O)C(NC(N)=S)c2ccccc21. The maximum Gasteiger partial charge on any atom is 0.254 e. The molecule has 5 heteroatoms. The number of anilines is 1. The molecule has 0 saturated carbocycles. The highest BCUT2D eigenvalue weighted by molar-refractivity contribution is 7.80. The van der Waals surface area contributed by atoms with Crippen LogP contribution in [0.2, 0.25) is 0 Å². The van der Waals surface area contributed by atoms with Gasteiger partial charge in [-0.3, -0.25) is 4.79 Å². The summed E-state index contributed by atoms with van der Waals surface area (Å²) in [5, 5.41) is 2.93. The van der Waals surface area contributed by atoms with Gasteiger partial charge in [0.2, 0.25) is 0 Å². The lowest BCUT2D eigenvalue weighted by Crippen LogP contribution is -2.38. The molecule has 1 aromatic rings. The van der Waals surface area contributed by atoms with Crippen molar-refractivity contribution in [1.29, 1.82) is 0 Å². The molecule has 1 aliphatic rings. The van der Waals surface area contributed by atoms with E-state index in [1.54, 1.807) is 11.9 Å². The number of nitrogens with one attached hydrogen (secondary N) is 1. The second-order valence-electron chi connectivity index (χ2n) is 3.40. The van der Waals surface area contributed by atoms with Crippen LogP contribution >= 0.6 is 12.2 Å². The van der Waals surface area contributed by atoms with Gasteiger partial charge in [-0.25, -0.2) is 0 Å². The molecule has 0 aliphatic carbocycles. The van der Waals surface area contributed by atoms with Gasteiger partial charge >= 0.3 is 0 Å². The van der Waals surface area contributed by atoms with Gasteiger partial charge in [0.25, 0.3) is 5.91 Å². The van der Waals surface area contributed by atoms with Crippen molar-refractivity contribution in [3.8, 4) is 0 Å². The number of nitrogens with two attached hydrogens (primary N) is 1. The van der Waals surface area contributed by atoms with E-state index in [1.165, 1.54) is 0 Å². The molecule has 1 aliphatic heterocycles. The molecule has 1 aromatic carbocycles. The summed E-state index contributed by atoms with van der Waals surface area (Å²) in [6, 6.07) is 7.13. The summed E-state index contributed by atoms with van der Waals surface area (Å²) >= 11 is 4.75. The zero-order chi connectivity index (χ0) is 11.0. The van der Waals surface area contributed by atoms with Crippen molar-refractivity contribution in [2.45, 2.75) is 6.04 Å². The number of thiocarbonyl (C=S) groups is 1. The van der Waals surface area contributed by atoms with E-state index in [0.717, 1.165) is 11.3 Å². The van der Waals surface area contributed by atoms with Gasteiger partial charge < -0.3 is 16.0 Å². The number of para-hydroxylation sites is 1. The maximum atomic E-state index is 11.8. The first-order valence-electron chi connectivity index (χ1n) is 4.53. The van der Waals surface area contributed by atoms with Crippen molar-refractivity contribution < 1.29 is 4.79 Å². The van der Waals surface area contributed by atoms with Gasteiger partial charge in [0, 0.05) is 18.3 Å². The third kappa shape index (κ3) is 1.55. The molecule has 0 radical (unpaired) electrons. The minimum absolute atomic E-state index is 0.0380. The summed E-state index contributed by atoms with van der Waals surface area (Å²) in [6.45, 7) is 0. The van der Waals surface area contributed by atoms with E-state index < -0.39 is 6.04 Å². The topological polar surface area (TPSA) is 58.4 Å². The van der Waals surface area contributed by atoms with E-state index in [-0.39, 0.29) is 11.0 Å². The lowest BCUT2D eigenvalue weighted by Gasteiger charge is -2.12. The molecule has 1 atom stereocenters. The molecule has 0 saturated heterocycles. The van der Waals surface area contributed by atoms with Crippen molar-refractivity contribution in [2.24, 2.45) is 5.73 Å². The number of amides is 1. The van der Waals surface area contributed by atoms with Crippen LogP contribution in [0.1, 0.15) is 11.6 Å². The molecule has 0 fully saturated rings. The van der Waals surface area contributed by atoms with Crippen LogP contribution in [0.4, 0.5) is 5.69 Å². The molecule has 78 valence electrons. The van der Waals surface area contributed by atoms with Crippen molar-refractivity contribution in [3.05, 3.63) is 29.8 Å². The summed E-state index contributed by atoms with van der Waals surface area (Å²) in [7, 11) is 1.74. The van der Waals surface area contributed by atoms with E-state index in [0.29, 0.717) is 0 Å². The molecular formula is C10H11N3OS. The fraction of sp³-hybridized carbons (Fsp3) is 0.200. The summed E-state index contributed by atoms with van der Waals surface area (Å²) in [5.74, 6) is -0.0380. The number of carbonyl (C=O) groups excluding carboxylic acids is 1. The number of benzene rings is 1. The lowest BCUT2D eigenvalue weighted by atomic mass is 10.1. The summed E-state index contributed by atoms with van der Waals surface area (Å²) in [5.41, 5.74) is 7.20. The number of hydrogen-bond donors (Lipinski definition) is 2. The van der Waals surface area contributed by atoms with Crippen LogP contribution in [0.5, 0.6) is 0 Å². The standard InChI is InChI=1S/C10H11N3OS/c1-13-7-5-3-2-4-6(7)8(9(13)14)12-10(11)15/h2-5,8H,1H3,(H3,11,12,15). The number of fused-ring (bicyclic) bond motifs is 1. The van der Waals surface area contributed by atoms with E-state index in [1.807, 2.05) is 24.3 Å². The third-order valence-electron chi connectivity index (χ3n) is 2.47. The molecule has 1 amide bonds. The summed E-state index contributed by atoms with van der Waals surface area (Å²) in [4.78, 5) is 13.4. The maximum absolute atomic E-state index is 11.8. The minimum Gasteiger partial charge on any atom is -0.376 e. The summed E-state index contributed by atoms with van der Waals surface area (Å²) in [6.07, 6.45) is 0. The first-order valence-corrected chi connectivity index (χ1v) is 4.94. The average molecular weight is 221 g/mol. The molecule has 0 spiro atoms. The second kappa shape index (κ2) is 3.51. The Morgan fingerprint density at radius 1 is 1.53 bits per heavy atom. The van der Waals surface area contributed by atoms with Crippen LogP contribution in [-0.4, -0.2) is 18.1 Å². The zero-order valence-electron chi connectivity index (χ0n) is 8.23. The van der Waals surface area contributed by atoms with Crippen molar-refractivity contribution >= 4 is 28.9 Å². The highest BCUT2D eigenvalue weighted by Gasteiger charge is 2.34. The van der Waals surface area contributed by atoms with Crippen LogP contribution in [0.15, 0.2) is 24.3 Å². The van der Waals surface area contributed by atoms with E-state index >= 15 is 0 Å². The molecular weight excluding hydrogens is 210 g/mol. The number of rotatable bonds is 1. The summed E-state index contributed by atoms with van der Waals surface area (Å²) < 4.78 is 0. The van der Waals surface area contributed by atoms with Crippen LogP contribution < -0.4 is 16.0 Å². The Morgan fingerprint density at radius 3 is 2.87 bits per heavy atom. The van der Waals surface area contributed by atoms with Gasteiger partial charge in [-0.15, -0.1) is 0 Å². The molecule has 1 heterocycles. The van der Waals surface area contributed by atoms with Crippen LogP contribution in [0.25, 0.3) is 0 Å². The second-order valence-corrected chi connectivity index (χ2v) is 3.84. The Labute approximate surface area is 93.1 Å². The Balaban J connectivity index is 2.42. The third-order valence-corrected chi connectivity index (χ3v) is 2.59. The quantitative estimate of drug-likeness (QED) is 0.679. The molecule has 0 bridgehead atoms.